The summed E-state index contributed by atoms with van der Waals surface area (Å²) in [5, 5.41) is 3.87. The molecule has 0 aromatic carbocycles. The van der Waals surface area contributed by atoms with E-state index in [4.69, 9.17) is 15.0 Å². The lowest BCUT2D eigenvalue weighted by molar-refractivity contribution is 0.199. The number of ether oxygens (including phenoxy) is 1. The predicted molar refractivity (Wildman–Crippen MR) is 56.3 cm³/mol. The molecule has 0 saturated carbocycles. The second-order valence-electron chi connectivity index (χ2n) is 3.62. The van der Waals surface area contributed by atoms with Gasteiger partial charge in [-0.2, -0.15) is 4.98 Å². The molecular weight excluding hydrogens is 194 g/mol. The second kappa shape index (κ2) is 5.23. The van der Waals surface area contributed by atoms with Crippen molar-refractivity contribution in [2.75, 3.05) is 13.7 Å². The van der Waals surface area contributed by atoms with Crippen LogP contribution in [0.15, 0.2) is 4.52 Å². The average Bonchev–Trinajstić information content (AvgIpc) is 2.74. The van der Waals surface area contributed by atoms with Crippen LogP contribution in [-0.2, 0) is 16.7 Å². The first-order valence-electron chi connectivity index (χ1n) is 5.27. The van der Waals surface area contributed by atoms with Crippen molar-refractivity contribution in [3.8, 4) is 0 Å². The van der Waals surface area contributed by atoms with Crippen LogP contribution in [-0.4, -0.2) is 23.9 Å². The van der Waals surface area contributed by atoms with Crippen molar-refractivity contribution < 1.29 is 9.26 Å². The minimum atomic E-state index is -0.488. The number of hydrogen-bond acceptors (Lipinski definition) is 5. The third-order valence-electron chi connectivity index (χ3n) is 2.69. The SMILES string of the molecule is CCC(N)(CC)c1nc(CCOC)no1. The van der Waals surface area contributed by atoms with Gasteiger partial charge in [0.15, 0.2) is 5.82 Å². The summed E-state index contributed by atoms with van der Waals surface area (Å²) < 4.78 is 10.1. The molecule has 0 atom stereocenters. The lowest BCUT2D eigenvalue weighted by atomic mass is 9.94. The Labute approximate surface area is 90.0 Å². The molecule has 0 aliphatic carbocycles. The highest BCUT2D eigenvalue weighted by Crippen LogP contribution is 2.23. The Balaban J connectivity index is 2.74. The molecule has 1 aromatic heterocycles. The first-order valence-corrected chi connectivity index (χ1v) is 5.27. The van der Waals surface area contributed by atoms with Crippen LogP contribution in [0, 0.1) is 0 Å². The molecule has 0 aliphatic rings. The quantitative estimate of drug-likeness (QED) is 0.769. The highest BCUT2D eigenvalue weighted by Gasteiger charge is 2.29. The Kier molecular flexibility index (Phi) is 4.23. The van der Waals surface area contributed by atoms with E-state index in [-0.39, 0.29) is 0 Å². The summed E-state index contributed by atoms with van der Waals surface area (Å²) in [6, 6.07) is 0. The molecule has 15 heavy (non-hydrogen) atoms. The number of methoxy groups -OCH3 is 1. The van der Waals surface area contributed by atoms with Gasteiger partial charge in [-0.15, -0.1) is 0 Å². The molecule has 86 valence electrons. The summed E-state index contributed by atoms with van der Waals surface area (Å²) in [4.78, 5) is 4.28. The largest absolute Gasteiger partial charge is 0.384 e. The average molecular weight is 213 g/mol. The van der Waals surface area contributed by atoms with Gasteiger partial charge in [-0.1, -0.05) is 19.0 Å². The van der Waals surface area contributed by atoms with E-state index in [1.807, 2.05) is 13.8 Å². The van der Waals surface area contributed by atoms with E-state index in [2.05, 4.69) is 10.1 Å². The molecule has 2 N–H and O–H groups in total. The fourth-order valence-corrected chi connectivity index (χ4v) is 1.30. The van der Waals surface area contributed by atoms with Crippen molar-refractivity contribution in [3.05, 3.63) is 11.7 Å². The minimum Gasteiger partial charge on any atom is -0.384 e. The summed E-state index contributed by atoms with van der Waals surface area (Å²) >= 11 is 0. The van der Waals surface area contributed by atoms with Crippen molar-refractivity contribution in [2.24, 2.45) is 5.73 Å². The van der Waals surface area contributed by atoms with Crippen molar-refractivity contribution in [1.29, 1.82) is 0 Å². The maximum Gasteiger partial charge on any atom is 0.246 e. The first kappa shape index (κ1) is 12.1. The zero-order chi connectivity index (χ0) is 11.3. The molecule has 1 rings (SSSR count). The summed E-state index contributed by atoms with van der Waals surface area (Å²) in [6.45, 7) is 4.62. The van der Waals surface area contributed by atoms with Crippen LogP contribution in [0.4, 0.5) is 0 Å². The number of aromatic nitrogens is 2. The van der Waals surface area contributed by atoms with E-state index in [1.165, 1.54) is 0 Å². The summed E-state index contributed by atoms with van der Waals surface area (Å²) in [5.74, 6) is 1.18. The van der Waals surface area contributed by atoms with Gasteiger partial charge in [0.05, 0.1) is 12.1 Å². The molecule has 1 aromatic rings. The van der Waals surface area contributed by atoms with E-state index in [1.54, 1.807) is 7.11 Å². The Bertz CT molecular complexity index is 295. The maximum absolute atomic E-state index is 6.13. The van der Waals surface area contributed by atoms with Crippen LogP contribution >= 0.6 is 0 Å². The Morgan fingerprint density at radius 1 is 1.40 bits per heavy atom. The zero-order valence-corrected chi connectivity index (χ0v) is 9.62. The number of hydrogen-bond donors (Lipinski definition) is 1. The lowest BCUT2D eigenvalue weighted by Gasteiger charge is -2.20. The fraction of sp³-hybridized carbons (Fsp3) is 0.800. The van der Waals surface area contributed by atoms with E-state index >= 15 is 0 Å². The molecule has 5 nitrogen and oxygen atoms in total. The monoisotopic (exact) mass is 213 g/mol. The zero-order valence-electron chi connectivity index (χ0n) is 9.62. The number of nitrogens with zero attached hydrogens (tertiary/aromatic N) is 2. The Morgan fingerprint density at radius 2 is 2.07 bits per heavy atom. The number of rotatable bonds is 6. The van der Waals surface area contributed by atoms with Crippen molar-refractivity contribution in [2.45, 2.75) is 38.6 Å². The smallest absolute Gasteiger partial charge is 0.246 e. The summed E-state index contributed by atoms with van der Waals surface area (Å²) in [6.07, 6.45) is 2.23. The van der Waals surface area contributed by atoms with Gasteiger partial charge in [-0.05, 0) is 12.8 Å². The summed E-state index contributed by atoms with van der Waals surface area (Å²) in [7, 11) is 1.65. The number of nitrogens with two attached hydrogens (primary N) is 1. The lowest BCUT2D eigenvalue weighted by Crippen LogP contribution is -2.35. The van der Waals surface area contributed by atoms with E-state index in [0.717, 1.165) is 12.8 Å². The highest BCUT2D eigenvalue weighted by molar-refractivity contribution is 5.01. The van der Waals surface area contributed by atoms with Gasteiger partial charge in [-0.3, -0.25) is 0 Å². The topological polar surface area (TPSA) is 74.2 Å². The van der Waals surface area contributed by atoms with Crippen molar-refractivity contribution in [3.63, 3.8) is 0 Å². The maximum atomic E-state index is 6.13. The van der Waals surface area contributed by atoms with Gasteiger partial charge in [0.1, 0.15) is 0 Å². The van der Waals surface area contributed by atoms with Crippen molar-refractivity contribution >= 4 is 0 Å². The molecule has 0 fully saturated rings. The molecular formula is C10H19N3O2. The van der Waals surface area contributed by atoms with Gasteiger partial charge < -0.3 is 15.0 Å². The van der Waals surface area contributed by atoms with Gasteiger partial charge in [0.25, 0.3) is 0 Å². The molecule has 0 saturated heterocycles. The van der Waals surface area contributed by atoms with Gasteiger partial charge in [-0.25, -0.2) is 0 Å². The van der Waals surface area contributed by atoms with Crippen LogP contribution in [0.1, 0.15) is 38.4 Å². The third kappa shape index (κ3) is 2.76. The third-order valence-corrected chi connectivity index (χ3v) is 2.69. The molecule has 5 heteroatoms. The first-order chi connectivity index (χ1) is 7.16. The van der Waals surface area contributed by atoms with Gasteiger partial charge >= 0.3 is 0 Å². The predicted octanol–water partition coefficient (Wildman–Crippen LogP) is 1.23. The molecule has 1 heterocycles. The van der Waals surface area contributed by atoms with Gasteiger partial charge in [0, 0.05) is 13.5 Å². The highest BCUT2D eigenvalue weighted by atomic mass is 16.5. The molecule has 0 bridgehead atoms. The second-order valence-corrected chi connectivity index (χ2v) is 3.62. The van der Waals surface area contributed by atoms with Crippen LogP contribution in [0.5, 0.6) is 0 Å². The van der Waals surface area contributed by atoms with Gasteiger partial charge in [0.2, 0.25) is 5.89 Å². The minimum absolute atomic E-state index is 0.488. The Morgan fingerprint density at radius 3 is 2.60 bits per heavy atom. The molecule has 0 spiro atoms. The molecule has 0 radical (unpaired) electrons. The molecule has 0 aliphatic heterocycles. The van der Waals surface area contributed by atoms with Crippen LogP contribution < -0.4 is 5.73 Å². The van der Waals surface area contributed by atoms with E-state index in [9.17, 15) is 0 Å². The standard InChI is InChI=1S/C10H19N3O2/c1-4-10(11,5-2)9-12-8(13-15-9)6-7-14-3/h4-7,11H2,1-3H3. The molecule has 0 amide bonds. The van der Waals surface area contributed by atoms with Crippen LogP contribution in [0.25, 0.3) is 0 Å². The summed E-state index contributed by atoms with van der Waals surface area (Å²) in [5.41, 5.74) is 5.64. The Hall–Kier alpha value is -0.940. The van der Waals surface area contributed by atoms with Crippen molar-refractivity contribution in [1.82, 2.24) is 10.1 Å². The van der Waals surface area contributed by atoms with E-state index in [0.29, 0.717) is 24.7 Å². The molecule has 0 unspecified atom stereocenters. The van der Waals surface area contributed by atoms with E-state index < -0.39 is 5.54 Å². The van der Waals surface area contributed by atoms with Crippen LogP contribution in [0.3, 0.4) is 0 Å². The fourth-order valence-electron chi connectivity index (χ4n) is 1.30. The normalized spacial score (nSPS) is 12.0. The van der Waals surface area contributed by atoms with Crippen LogP contribution in [0.2, 0.25) is 0 Å².